The number of methoxy groups -OCH3 is 1. The van der Waals surface area contributed by atoms with Gasteiger partial charge in [0, 0.05) is 18.0 Å². The first-order valence-corrected chi connectivity index (χ1v) is 5.39. The zero-order chi connectivity index (χ0) is 13.0. The largest absolute Gasteiger partial charge is 0.497 e. The molecule has 2 aromatic rings. The topological polar surface area (TPSA) is 82.2 Å². The van der Waals surface area contributed by atoms with Crippen molar-refractivity contribution >= 4 is 17.3 Å². The third kappa shape index (κ3) is 3.00. The highest BCUT2D eigenvalue weighted by Gasteiger charge is 2.05. The number of nitrogens with one attached hydrogen (secondary N) is 1. The van der Waals surface area contributed by atoms with Crippen LogP contribution in [0.15, 0.2) is 36.7 Å². The van der Waals surface area contributed by atoms with Crippen molar-refractivity contribution in [3.8, 4) is 5.75 Å². The summed E-state index contributed by atoms with van der Waals surface area (Å²) in [7, 11) is 1.58. The van der Waals surface area contributed by atoms with Gasteiger partial charge >= 0.3 is 0 Å². The van der Waals surface area contributed by atoms with Crippen LogP contribution >= 0.6 is 0 Å². The lowest BCUT2D eigenvalue weighted by atomic mass is 10.3. The Morgan fingerprint density at radius 1 is 1.56 bits per heavy atom. The van der Waals surface area contributed by atoms with Crippen LogP contribution < -0.4 is 15.8 Å². The molecule has 0 unspecified atom stereocenters. The fourth-order valence-corrected chi connectivity index (χ4v) is 1.51. The molecular weight excluding hydrogens is 232 g/mol. The lowest BCUT2D eigenvalue weighted by Crippen LogP contribution is -2.18. The number of amides is 1. The maximum Gasteiger partial charge on any atom is 0.246 e. The van der Waals surface area contributed by atoms with Crippen molar-refractivity contribution in [1.82, 2.24) is 9.78 Å². The molecule has 0 saturated carbocycles. The number of anilines is 2. The van der Waals surface area contributed by atoms with Crippen molar-refractivity contribution in [1.29, 1.82) is 0 Å². The molecule has 0 aliphatic rings. The third-order valence-electron chi connectivity index (χ3n) is 2.31. The zero-order valence-corrected chi connectivity index (χ0v) is 9.96. The van der Waals surface area contributed by atoms with E-state index in [1.54, 1.807) is 31.5 Å². The van der Waals surface area contributed by atoms with E-state index in [4.69, 9.17) is 10.5 Å². The normalized spacial score (nSPS) is 10.1. The molecule has 0 aliphatic heterocycles. The van der Waals surface area contributed by atoms with Gasteiger partial charge in [-0.25, -0.2) is 0 Å². The molecule has 6 nitrogen and oxygen atoms in total. The summed E-state index contributed by atoms with van der Waals surface area (Å²) in [6.07, 6.45) is 3.10. The minimum atomic E-state index is -0.175. The Kier molecular flexibility index (Phi) is 3.47. The highest BCUT2D eigenvalue weighted by molar-refractivity contribution is 5.90. The standard InChI is InChI=1S/C12H14N4O2/c1-18-11-4-2-3-10(5-11)15-12(17)8-16-7-9(13)6-14-16/h2-7H,8,13H2,1H3,(H,15,17). The number of carbonyl (C=O) groups is 1. The van der Waals surface area contributed by atoms with Gasteiger partial charge in [0.25, 0.3) is 0 Å². The average Bonchev–Trinajstić information content (AvgIpc) is 2.74. The van der Waals surface area contributed by atoms with Gasteiger partial charge in [0.2, 0.25) is 5.91 Å². The van der Waals surface area contributed by atoms with E-state index in [-0.39, 0.29) is 12.5 Å². The SMILES string of the molecule is COc1cccc(NC(=O)Cn2cc(N)cn2)c1. The third-order valence-corrected chi connectivity index (χ3v) is 2.31. The molecule has 18 heavy (non-hydrogen) atoms. The summed E-state index contributed by atoms with van der Waals surface area (Å²) in [5, 5.41) is 6.69. The molecule has 0 atom stereocenters. The number of hydrogen-bond acceptors (Lipinski definition) is 4. The molecular formula is C12H14N4O2. The summed E-state index contributed by atoms with van der Waals surface area (Å²) in [4.78, 5) is 11.7. The molecule has 0 bridgehead atoms. The summed E-state index contributed by atoms with van der Waals surface area (Å²) in [5.41, 5.74) is 6.72. The maximum atomic E-state index is 11.7. The van der Waals surface area contributed by atoms with Gasteiger partial charge < -0.3 is 15.8 Å². The number of nitrogens with two attached hydrogens (primary N) is 1. The second-order valence-corrected chi connectivity index (χ2v) is 3.75. The second kappa shape index (κ2) is 5.22. The minimum absolute atomic E-state index is 0.119. The molecule has 0 fully saturated rings. The van der Waals surface area contributed by atoms with E-state index in [9.17, 15) is 4.79 Å². The Labute approximate surface area is 104 Å². The number of ether oxygens (including phenoxy) is 1. The average molecular weight is 246 g/mol. The van der Waals surface area contributed by atoms with Crippen LogP contribution in [-0.2, 0) is 11.3 Å². The first-order valence-electron chi connectivity index (χ1n) is 5.39. The van der Waals surface area contributed by atoms with Crippen LogP contribution in [-0.4, -0.2) is 22.8 Å². The maximum absolute atomic E-state index is 11.7. The number of nitrogens with zero attached hydrogens (tertiary/aromatic N) is 2. The van der Waals surface area contributed by atoms with Crippen LogP contribution in [0.3, 0.4) is 0 Å². The van der Waals surface area contributed by atoms with Gasteiger partial charge in [-0.05, 0) is 12.1 Å². The number of benzene rings is 1. The number of nitrogen functional groups attached to an aromatic ring is 1. The van der Waals surface area contributed by atoms with Crippen molar-refractivity contribution in [3.05, 3.63) is 36.7 Å². The Morgan fingerprint density at radius 2 is 2.39 bits per heavy atom. The highest BCUT2D eigenvalue weighted by Crippen LogP contribution is 2.16. The van der Waals surface area contributed by atoms with Gasteiger partial charge in [-0.1, -0.05) is 6.07 Å². The quantitative estimate of drug-likeness (QED) is 0.846. The summed E-state index contributed by atoms with van der Waals surface area (Å²) in [6.45, 7) is 0.119. The van der Waals surface area contributed by atoms with Crippen molar-refractivity contribution < 1.29 is 9.53 Å². The molecule has 1 aromatic carbocycles. The monoisotopic (exact) mass is 246 g/mol. The smallest absolute Gasteiger partial charge is 0.246 e. The van der Waals surface area contributed by atoms with Crippen LogP contribution in [0, 0.1) is 0 Å². The van der Waals surface area contributed by atoms with E-state index >= 15 is 0 Å². The summed E-state index contributed by atoms with van der Waals surface area (Å²) >= 11 is 0. The summed E-state index contributed by atoms with van der Waals surface area (Å²) in [5.74, 6) is 0.516. The fourth-order valence-electron chi connectivity index (χ4n) is 1.51. The molecule has 0 radical (unpaired) electrons. The van der Waals surface area contributed by atoms with Gasteiger partial charge in [0.05, 0.1) is 19.0 Å². The van der Waals surface area contributed by atoms with Gasteiger partial charge in [-0.3, -0.25) is 9.48 Å². The number of hydrogen-bond donors (Lipinski definition) is 2. The zero-order valence-electron chi connectivity index (χ0n) is 9.96. The molecule has 1 amide bonds. The predicted octanol–water partition coefficient (Wildman–Crippen LogP) is 1.11. The molecule has 0 spiro atoms. The van der Waals surface area contributed by atoms with Crippen LogP contribution in [0.4, 0.5) is 11.4 Å². The van der Waals surface area contributed by atoms with Crippen LogP contribution in [0.25, 0.3) is 0 Å². The first kappa shape index (κ1) is 12.0. The first-order chi connectivity index (χ1) is 8.67. The molecule has 1 aromatic heterocycles. The number of carbonyl (C=O) groups excluding carboxylic acids is 1. The van der Waals surface area contributed by atoms with Crippen LogP contribution in [0.2, 0.25) is 0 Å². The van der Waals surface area contributed by atoms with E-state index in [1.165, 1.54) is 10.9 Å². The molecule has 2 rings (SSSR count). The lowest BCUT2D eigenvalue weighted by molar-refractivity contribution is -0.116. The van der Waals surface area contributed by atoms with E-state index in [0.717, 1.165) is 0 Å². The summed E-state index contributed by atoms with van der Waals surface area (Å²) < 4.78 is 6.55. The lowest BCUT2D eigenvalue weighted by Gasteiger charge is -2.06. The Balaban J connectivity index is 1.98. The van der Waals surface area contributed by atoms with E-state index in [2.05, 4.69) is 10.4 Å². The van der Waals surface area contributed by atoms with Gasteiger partial charge in [0.15, 0.2) is 0 Å². The molecule has 3 N–H and O–H groups in total. The van der Waals surface area contributed by atoms with Crippen molar-refractivity contribution in [3.63, 3.8) is 0 Å². The number of aromatic nitrogens is 2. The Bertz CT molecular complexity index is 551. The van der Waals surface area contributed by atoms with E-state index in [1.807, 2.05) is 6.07 Å². The Hall–Kier alpha value is -2.50. The minimum Gasteiger partial charge on any atom is -0.497 e. The van der Waals surface area contributed by atoms with Crippen molar-refractivity contribution in [2.75, 3.05) is 18.2 Å². The predicted molar refractivity (Wildman–Crippen MR) is 68.3 cm³/mol. The van der Waals surface area contributed by atoms with Crippen molar-refractivity contribution in [2.24, 2.45) is 0 Å². The summed E-state index contributed by atoms with van der Waals surface area (Å²) in [6, 6.07) is 7.15. The van der Waals surface area contributed by atoms with Gasteiger partial charge in [-0.2, -0.15) is 5.10 Å². The van der Waals surface area contributed by atoms with Crippen molar-refractivity contribution in [2.45, 2.75) is 6.54 Å². The fraction of sp³-hybridized carbons (Fsp3) is 0.167. The van der Waals surface area contributed by atoms with Crippen LogP contribution in [0.1, 0.15) is 0 Å². The Morgan fingerprint density at radius 3 is 3.06 bits per heavy atom. The molecule has 0 aliphatic carbocycles. The van der Waals surface area contributed by atoms with Gasteiger partial charge in [-0.15, -0.1) is 0 Å². The van der Waals surface area contributed by atoms with Gasteiger partial charge in [0.1, 0.15) is 12.3 Å². The molecule has 1 heterocycles. The van der Waals surface area contributed by atoms with Crippen LogP contribution in [0.5, 0.6) is 5.75 Å². The number of rotatable bonds is 4. The van der Waals surface area contributed by atoms with E-state index in [0.29, 0.717) is 17.1 Å². The second-order valence-electron chi connectivity index (χ2n) is 3.75. The molecule has 6 heteroatoms. The highest BCUT2D eigenvalue weighted by atomic mass is 16.5. The molecule has 94 valence electrons. The van der Waals surface area contributed by atoms with E-state index < -0.39 is 0 Å². The molecule has 0 saturated heterocycles.